The fourth-order valence-electron chi connectivity index (χ4n) is 14.4. The lowest BCUT2D eigenvalue weighted by atomic mass is 9.31. The molecule has 2 heteroatoms. The van der Waals surface area contributed by atoms with Crippen molar-refractivity contribution in [3.8, 4) is 0 Å². The minimum absolute atomic E-state index is 0.346. The summed E-state index contributed by atoms with van der Waals surface area (Å²) in [7, 11) is 1.66. The zero-order valence-corrected chi connectivity index (χ0v) is 27.8. The zero-order chi connectivity index (χ0) is 28.7. The number of aliphatic hydroxyl groups is 1. The highest BCUT2D eigenvalue weighted by atomic mass is 16.6. The highest BCUT2D eigenvalue weighted by molar-refractivity contribution is 5.17. The highest BCUT2D eigenvalue weighted by Crippen LogP contribution is 2.75. The van der Waals surface area contributed by atoms with E-state index in [-0.39, 0.29) is 0 Å². The molecule has 5 fully saturated rings. The van der Waals surface area contributed by atoms with E-state index < -0.39 is 6.29 Å². The van der Waals surface area contributed by atoms with Crippen LogP contribution in [0.15, 0.2) is 0 Å². The van der Waals surface area contributed by atoms with Gasteiger partial charge >= 0.3 is 0 Å². The summed E-state index contributed by atoms with van der Waals surface area (Å²) in [6.45, 7) is 26.6. The molecule has 5 aliphatic rings. The summed E-state index contributed by atoms with van der Waals surface area (Å²) in [6, 6.07) is 0. The molecule has 1 N–H and O–H groups in total. The molecule has 5 rings (SSSR count). The first-order chi connectivity index (χ1) is 18.2. The van der Waals surface area contributed by atoms with Crippen molar-refractivity contribution in [1.29, 1.82) is 0 Å². The summed E-state index contributed by atoms with van der Waals surface area (Å²) in [6.07, 6.45) is 11.6. The number of methoxy groups -OCH3 is 1. The van der Waals surface area contributed by atoms with Crippen molar-refractivity contribution in [3.05, 3.63) is 0 Å². The fourth-order valence-corrected chi connectivity index (χ4v) is 14.4. The molecule has 0 radical (unpaired) electrons. The number of aliphatic hydroxyl groups excluding tert-OH is 1. The van der Waals surface area contributed by atoms with E-state index in [1.807, 2.05) is 0 Å². The third kappa shape index (κ3) is 4.53. The van der Waals surface area contributed by atoms with Crippen molar-refractivity contribution in [2.24, 2.45) is 93.2 Å². The molecule has 39 heavy (non-hydrogen) atoms. The lowest BCUT2D eigenvalue weighted by molar-refractivity contribution is -0.249. The Bertz CT molecular complexity index is 859. The average molecular weight is 543 g/mol. The Hall–Kier alpha value is -0.0800. The second-order valence-electron chi connectivity index (χ2n) is 17.6. The second kappa shape index (κ2) is 10.6. The maximum absolute atomic E-state index is 10.3. The molecule has 2 nitrogen and oxygen atoms in total. The van der Waals surface area contributed by atoms with Crippen molar-refractivity contribution in [2.45, 2.75) is 133 Å². The van der Waals surface area contributed by atoms with E-state index in [9.17, 15) is 5.11 Å². The summed E-state index contributed by atoms with van der Waals surface area (Å²) in [4.78, 5) is 0. The van der Waals surface area contributed by atoms with Crippen molar-refractivity contribution in [1.82, 2.24) is 0 Å². The number of fused-ring (bicyclic) bond motifs is 3. The number of ether oxygens (including phenoxy) is 1. The molecule has 14 unspecified atom stereocenters. The Labute approximate surface area is 243 Å². The molecule has 5 saturated carbocycles. The van der Waals surface area contributed by atoms with Gasteiger partial charge in [-0.3, -0.25) is 0 Å². The standard InChI is InChI=1S/C37H66O2/c1-21(2)31-23(4)18-36(9)20-35(8)19-30-29(27-13-15-28(16-14-27)34(38)39-11)17-12-22(3)32(30)24(5)33(35)26(7)37(36,10)25(31)6/h21-34,38H,12-20H2,1-11H3. The molecule has 0 aliphatic heterocycles. The van der Waals surface area contributed by atoms with Gasteiger partial charge in [0.1, 0.15) is 0 Å². The SMILES string of the molecule is COC(O)C1CCC(C2CCC(C)C3C(C)C4C(C)C5(C)C(C)C(C(C)C)C(C)CC5(C)CC4(C)CC23)CC1. The summed E-state index contributed by atoms with van der Waals surface area (Å²) >= 11 is 0. The van der Waals surface area contributed by atoms with Crippen LogP contribution in [0.4, 0.5) is 0 Å². The Kier molecular flexibility index (Phi) is 8.24. The Morgan fingerprint density at radius 3 is 2.00 bits per heavy atom. The summed E-state index contributed by atoms with van der Waals surface area (Å²) in [5.74, 6) is 10.5. The van der Waals surface area contributed by atoms with Crippen molar-refractivity contribution >= 4 is 0 Å². The van der Waals surface area contributed by atoms with Crippen molar-refractivity contribution in [3.63, 3.8) is 0 Å². The monoisotopic (exact) mass is 543 g/mol. The van der Waals surface area contributed by atoms with Gasteiger partial charge in [0.2, 0.25) is 0 Å². The van der Waals surface area contributed by atoms with Crippen LogP contribution in [0.1, 0.15) is 127 Å². The Morgan fingerprint density at radius 1 is 0.769 bits per heavy atom. The summed E-state index contributed by atoms with van der Waals surface area (Å²) in [5.41, 5.74) is 1.34. The van der Waals surface area contributed by atoms with Crippen LogP contribution in [-0.4, -0.2) is 18.5 Å². The van der Waals surface area contributed by atoms with Gasteiger partial charge in [0.25, 0.3) is 0 Å². The van der Waals surface area contributed by atoms with Crippen LogP contribution < -0.4 is 0 Å². The second-order valence-corrected chi connectivity index (χ2v) is 17.6. The van der Waals surface area contributed by atoms with E-state index >= 15 is 0 Å². The molecule has 14 atom stereocenters. The minimum Gasteiger partial charge on any atom is -0.368 e. The number of hydrogen-bond acceptors (Lipinski definition) is 2. The van der Waals surface area contributed by atoms with E-state index in [1.165, 1.54) is 44.9 Å². The van der Waals surface area contributed by atoms with Gasteiger partial charge in [-0.15, -0.1) is 0 Å². The molecule has 0 saturated heterocycles. The fraction of sp³-hybridized carbons (Fsp3) is 1.00. The van der Waals surface area contributed by atoms with Gasteiger partial charge in [0.05, 0.1) is 0 Å². The van der Waals surface area contributed by atoms with Gasteiger partial charge in [-0.1, -0.05) is 75.7 Å². The van der Waals surface area contributed by atoms with Crippen LogP contribution >= 0.6 is 0 Å². The van der Waals surface area contributed by atoms with Gasteiger partial charge in [-0.2, -0.15) is 0 Å². The molecule has 0 aromatic heterocycles. The molecule has 0 bridgehead atoms. The van der Waals surface area contributed by atoms with E-state index in [1.54, 1.807) is 7.11 Å². The minimum atomic E-state index is -0.561. The van der Waals surface area contributed by atoms with Gasteiger partial charge in [-0.05, 0) is 139 Å². The van der Waals surface area contributed by atoms with Gasteiger partial charge < -0.3 is 9.84 Å². The topological polar surface area (TPSA) is 29.5 Å². The molecule has 226 valence electrons. The molecular weight excluding hydrogens is 476 g/mol. The van der Waals surface area contributed by atoms with E-state index in [4.69, 9.17) is 4.74 Å². The van der Waals surface area contributed by atoms with Crippen LogP contribution in [0, 0.1) is 93.2 Å². The Morgan fingerprint density at radius 2 is 1.41 bits per heavy atom. The van der Waals surface area contributed by atoms with Crippen molar-refractivity contribution in [2.75, 3.05) is 7.11 Å². The lowest BCUT2D eigenvalue weighted by Gasteiger charge is -2.73. The summed E-state index contributed by atoms with van der Waals surface area (Å²) in [5, 5.41) is 10.3. The summed E-state index contributed by atoms with van der Waals surface area (Å²) < 4.78 is 5.32. The quantitative estimate of drug-likeness (QED) is 0.358. The third-order valence-corrected chi connectivity index (χ3v) is 15.7. The van der Waals surface area contributed by atoms with E-state index in [0.29, 0.717) is 22.2 Å². The molecule has 0 amide bonds. The molecule has 0 aromatic rings. The maximum Gasteiger partial charge on any atom is 0.156 e. The first kappa shape index (κ1) is 30.4. The van der Waals surface area contributed by atoms with Gasteiger partial charge in [-0.25, -0.2) is 0 Å². The van der Waals surface area contributed by atoms with E-state index in [0.717, 1.165) is 83.9 Å². The van der Waals surface area contributed by atoms with Gasteiger partial charge in [0.15, 0.2) is 6.29 Å². The molecule has 0 heterocycles. The first-order valence-electron chi connectivity index (χ1n) is 17.4. The Balaban J connectivity index is 1.45. The number of hydrogen-bond donors (Lipinski definition) is 1. The molecule has 0 aromatic carbocycles. The highest BCUT2D eigenvalue weighted by Gasteiger charge is 2.68. The van der Waals surface area contributed by atoms with Gasteiger partial charge in [0, 0.05) is 13.0 Å². The molecule has 0 spiro atoms. The van der Waals surface area contributed by atoms with E-state index in [2.05, 4.69) is 69.2 Å². The van der Waals surface area contributed by atoms with Crippen LogP contribution in [0.2, 0.25) is 0 Å². The van der Waals surface area contributed by atoms with Crippen LogP contribution in [-0.2, 0) is 4.74 Å². The number of rotatable bonds is 4. The van der Waals surface area contributed by atoms with Crippen LogP contribution in [0.3, 0.4) is 0 Å². The molecular formula is C37H66O2. The predicted molar refractivity (Wildman–Crippen MR) is 164 cm³/mol. The largest absolute Gasteiger partial charge is 0.368 e. The molecule has 5 aliphatic carbocycles. The van der Waals surface area contributed by atoms with Crippen LogP contribution in [0.5, 0.6) is 0 Å². The van der Waals surface area contributed by atoms with Crippen molar-refractivity contribution < 1.29 is 9.84 Å². The predicted octanol–water partition coefficient (Wildman–Crippen LogP) is 9.70. The normalized spacial score (nSPS) is 56.8. The maximum atomic E-state index is 10.3. The smallest absolute Gasteiger partial charge is 0.156 e. The third-order valence-electron chi connectivity index (χ3n) is 15.7. The zero-order valence-electron chi connectivity index (χ0n) is 27.8. The first-order valence-corrected chi connectivity index (χ1v) is 17.4. The lowest BCUT2D eigenvalue weighted by Crippen LogP contribution is -2.67. The average Bonchev–Trinajstić information content (AvgIpc) is 2.85. The van der Waals surface area contributed by atoms with Crippen LogP contribution in [0.25, 0.3) is 0 Å².